The molecular formula is C14H24N2OS. The Bertz CT molecular complexity index is 370. The van der Waals surface area contributed by atoms with E-state index in [4.69, 9.17) is 10.5 Å². The van der Waals surface area contributed by atoms with Gasteiger partial charge in [0, 0.05) is 34.8 Å². The summed E-state index contributed by atoms with van der Waals surface area (Å²) in [5.74, 6) is 0.792. The van der Waals surface area contributed by atoms with Gasteiger partial charge in [-0.25, -0.2) is 0 Å². The zero-order chi connectivity index (χ0) is 13.6. The fourth-order valence-corrected chi connectivity index (χ4v) is 2.76. The lowest BCUT2D eigenvalue weighted by molar-refractivity contribution is 0.415. The zero-order valence-electron chi connectivity index (χ0n) is 11.7. The van der Waals surface area contributed by atoms with E-state index >= 15 is 0 Å². The maximum absolute atomic E-state index is 5.85. The van der Waals surface area contributed by atoms with Crippen LogP contribution in [0.25, 0.3) is 0 Å². The van der Waals surface area contributed by atoms with E-state index in [1.165, 1.54) is 0 Å². The van der Waals surface area contributed by atoms with Gasteiger partial charge in [0.25, 0.3) is 0 Å². The van der Waals surface area contributed by atoms with E-state index in [0.717, 1.165) is 36.5 Å². The van der Waals surface area contributed by atoms with Crippen molar-refractivity contribution in [1.82, 2.24) is 0 Å². The Balaban J connectivity index is 2.76. The lowest BCUT2D eigenvalue weighted by Crippen LogP contribution is -2.31. The van der Waals surface area contributed by atoms with E-state index < -0.39 is 0 Å². The second kappa shape index (κ2) is 6.78. The van der Waals surface area contributed by atoms with Crippen molar-refractivity contribution in [2.75, 3.05) is 31.0 Å². The normalized spacial score (nSPS) is 11.3. The predicted octanol–water partition coefficient (Wildman–Crippen LogP) is 3.61. The first-order valence-electron chi connectivity index (χ1n) is 6.32. The maximum atomic E-state index is 5.85. The van der Waals surface area contributed by atoms with Crippen LogP contribution in [-0.4, -0.2) is 24.7 Å². The molecule has 0 aliphatic carbocycles. The molecular weight excluding hydrogens is 244 g/mol. The third-order valence-electron chi connectivity index (χ3n) is 3.50. The van der Waals surface area contributed by atoms with Gasteiger partial charge in [0.05, 0.1) is 7.11 Å². The molecule has 3 nitrogen and oxygen atoms in total. The van der Waals surface area contributed by atoms with Crippen molar-refractivity contribution in [2.45, 2.75) is 31.4 Å². The number of nitrogen functional groups attached to an aromatic ring is 1. The molecule has 0 aliphatic heterocycles. The SMILES string of the molecule is CCC(CC)(CNc1cc(N)cc(OC)c1)SC. The van der Waals surface area contributed by atoms with Crippen molar-refractivity contribution in [3.8, 4) is 5.75 Å². The molecule has 18 heavy (non-hydrogen) atoms. The number of ether oxygens (including phenoxy) is 1. The highest BCUT2D eigenvalue weighted by Crippen LogP contribution is 2.31. The Morgan fingerprint density at radius 1 is 1.28 bits per heavy atom. The standard InChI is InChI=1S/C14H24N2OS/c1-5-14(6-2,18-4)10-16-12-7-11(15)8-13(9-12)17-3/h7-9,16H,5-6,10,15H2,1-4H3. The molecule has 3 N–H and O–H groups in total. The Morgan fingerprint density at radius 3 is 2.44 bits per heavy atom. The molecule has 0 heterocycles. The van der Waals surface area contributed by atoms with Crippen molar-refractivity contribution in [3.05, 3.63) is 18.2 Å². The van der Waals surface area contributed by atoms with Gasteiger partial charge in [-0.15, -0.1) is 0 Å². The Labute approximate surface area is 114 Å². The summed E-state index contributed by atoms with van der Waals surface area (Å²) in [4.78, 5) is 0. The van der Waals surface area contributed by atoms with Gasteiger partial charge in [-0.05, 0) is 25.2 Å². The molecule has 0 aromatic heterocycles. The van der Waals surface area contributed by atoms with Gasteiger partial charge in [-0.3, -0.25) is 0 Å². The van der Waals surface area contributed by atoms with Crippen LogP contribution in [-0.2, 0) is 0 Å². The number of benzene rings is 1. The van der Waals surface area contributed by atoms with Crippen LogP contribution in [0.2, 0.25) is 0 Å². The first-order valence-corrected chi connectivity index (χ1v) is 7.55. The number of methoxy groups -OCH3 is 1. The zero-order valence-corrected chi connectivity index (χ0v) is 12.6. The summed E-state index contributed by atoms with van der Waals surface area (Å²) in [6.07, 6.45) is 4.48. The third-order valence-corrected chi connectivity index (χ3v) is 5.09. The number of nitrogens with one attached hydrogen (secondary N) is 1. The highest BCUT2D eigenvalue weighted by Gasteiger charge is 2.24. The molecule has 1 rings (SSSR count). The number of anilines is 2. The fraction of sp³-hybridized carbons (Fsp3) is 0.571. The first-order chi connectivity index (χ1) is 8.59. The largest absolute Gasteiger partial charge is 0.497 e. The highest BCUT2D eigenvalue weighted by molar-refractivity contribution is 8.00. The van der Waals surface area contributed by atoms with Gasteiger partial charge in [-0.1, -0.05) is 13.8 Å². The van der Waals surface area contributed by atoms with Gasteiger partial charge in [-0.2, -0.15) is 11.8 Å². The average molecular weight is 268 g/mol. The van der Waals surface area contributed by atoms with E-state index in [-0.39, 0.29) is 4.75 Å². The van der Waals surface area contributed by atoms with E-state index in [9.17, 15) is 0 Å². The first kappa shape index (κ1) is 15.0. The molecule has 0 unspecified atom stereocenters. The highest BCUT2D eigenvalue weighted by atomic mass is 32.2. The summed E-state index contributed by atoms with van der Waals surface area (Å²) in [5.41, 5.74) is 7.59. The summed E-state index contributed by atoms with van der Waals surface area (Å²) in [6, 6.07) is 5.75. The lowest BCUT2D eigenvalue weighted by Gasteiger charge is -2.30. The summed E-state index contributed by atoms with van der Waals surface area (Å²) < 4.78 is 5.51. The summed E-state index contributed by atoms with van der Waals surface area (Å²) in [6.45, 7) is 5.41. The second-order valence-corrected chi connectivity index (χ2v) is 5.72. The molecule has 0 fully saturated rings. The minimum absolute atomic E-state index is 0.290. The molecule has 1 aromatic carbocycles. The minimum Gasteiger partial charge on any atom is -0.497 e. The van der Waals surface area contributed by atoms with Crippen LogP contribution < -0.4 is 15.8 Å². The molecule has 0 bridgehead atoms. The summed E-state index contributed by atoms with van der Waals surface area (Å²) in [7, 11) is 1.66. The molecule has 4 heteroatoms. The molecule has 1 aromatic rings. The predicted molar refractivity (Wildman–Crippen MR) is 82.7 cm³/mol. The lowest BCUT2D eigenvalue weighted by atomic mass is 10.0. The number of hydrogen-bond donors (Lipinski definition) is 2. The van der Waals surface area contributed by atoms with E-state index in [2.05, 4.69) is 25.4 Å². The molecule has 0 saturated heterocycles. The number of hydrogen-bond acceptors (Lipinski definition) is 4. The van der Waals surface area contributed by atoms with Gasteiger partial charge >= 0.3 is 0 Å². The van der Waals surface area contributed by atoms with Crippen LogP contribution in [0.4, 0.5) is 11.4 Å². The van der Waals surface area contributed by atoms with Crippen molar-refractivity contribution < 1.29 is 4.74 Å². The van der Waals surface area contributed by atoms with Gasteiger partial charge in [0.15, 0.2) is 0 Å². The van der Waals surface area contributed by atoms with Gasteiger partial charge in [0.1, 0.15) is 5.75 Å². The number of rotatable bonds is 7. The summed E-state index contributed by atoms with van der Waals surface area (Å²) in [5, 5.41) is 3.47. The molecule has 0 atom stereocenters. The van der Waals surface area contributed by atoms with Crippen molar-refractivity contribution in [2.24, 2.45) is 0 Å². The molecule has 0 amide bonds. The fourth-order valence-electron chi connectivity index (χ4n) is 1.97. The Morgan fingerprint density at radius 2 is 1.94 bits per heavy atom. The average Bonchev–Trinajstić information content (AvgIpc) is 2.40. The van der Waals surface area contributed by atoms with Crippen molar-refractivity contribution >= 4 is 23.1 Å². The quantitative estimate of drug-likeness (QED) is 0.742. The van der Waals surface area contributed by atoms with Crippen LogP contribution in [0.1, 0.15) is 26.7 Å². The topological polar surface area (TPSA) is 47.3 Å². The molecule has 0 aliphatic rings. The smallest absolute Gasteiger partial charge is 0.122 e. The monoisotopic (exact) mass is 268 g/mol. The van der Waals surface area contributed by atoms with Crippen LogP contribution >= 0.6 is 11.8 Å². The Hall–Kier alpha value is -1.03. The Kier molecular flexibility index (Phi) is 5.66. The number of nitrogens with two attached hydrogens (primary N) is 1. The van der Waals surface area contributed by atoms with Crippen LogP contribution in [0.5, 0.6) is 5.75 Å². The van der Waals surface area contributed by atoms with E-state index in [1.54, 1.807) is 7.11 Å². The summed E-state index contributed by atoms with van der Waals surface area (Å²) >= 11 is 1.93. The van der Waals surface area contributed by atoms with Crippen LogP contribution in [0.15, 0.2) is 18.2 Å². The molecule has 0 radical (unpaired) electrons. The molecule has 0 saturated carbocycles. The van der Waals surface area contributed by atoms with Gasteiger partial charge < -0.3 is 15.8 Å². The van der Waals surface area contributed by atoms with E-state index in [0.29, 0.717) is 0 Å². The third kappa shape index (κ3) is 3.73. The van der Waals surface area contributed by atoms with Crippen molar-refractivity contribution in [3.63, 3.8) is 0 Å². The van der Waals surface area contributed by atoms with Gasteiger partial charge in [0.2, 0.25) is 0 Å². The minimum atomic E-state index is 0.290. The van der Waals surface area contributed by atoms with Crippen LogP contribution in [0.3, 0.4) is 0 Å². The second-order valence-electron chi connectivity index (χ2n) is 4.44. The van der Waals surface area contributed by atoms with Crippen molar-refractivity contribution in [1.29, 1.82) is 0 Å². The maximum Gasteiger partial charge on any atom is 0.122 e. The van der Waals surface area contributed by atoms with Crippen LogP contribution in [0, 0.1) is 0 Å². The molecule has 102 valence electrons. The number of thioether (sulfide) groups is 1. The molecule has 0 spiro atoms. The van der Waals surface area contributed by atoms with E-state index in [1.807, 2.05) is 30.0 Å².